The zero-order chi connectivity index (χ0) is 10.9. The molecule has 2 nitrogen and oxygen atoms in total. The Kier molecular flexibility index (Phi) is 3.16. The molecular formula is C7H2BrClF3NO. The average molecular weight is 288 g/mol. The van der Waals surface area contributed by atoms with Crippen molar-refractivity contribution in [2.45, 2.75) is 6.18 Å². The van der Waals surface area contributed by atoms with Gasteiger partial charge in [-0.1, -0.05) is 27.5 Å². The second-order valence-corrected chi connectivity index (χ2v) is 3.70. The normalized spacial score (nSPS) is 11.5. The summed E-state index contributed by atoms with van der Waals surface area (Å²) in [6.45, 7) is 0. The van der Waals surface area contributed by atoms with Gasteiger partial charge >= 0.3 is 6.18 Å². The van der Waals surface area contributed by atoms with Crippen LogP contribution in [0.3, 0.4) is 0 Å². The van der Waals surface area contributed by atoms with Crippen LogP contribution in [0, 0.1) is 4.91 Å². The van der Waals surface area contributed by atoms with Crippen molar-refractivity contribution >= 4 is 33.2 Å². The molecule has 0 saturated carbocycles. The van der Waals surface area contributed by atoms with Crippen LogP contribution in [0.1, 0.15) is 5.56 Å². The van der Waals surface area contributed by atoms with Gasteiger partial charge in [-0.3, -0.25) is 0 Å². The summed E-state index contributed by atoms with van der Waals surface area (Å²) in [5.41, 5.74) is -1.94. The highest BCUT2D eigenvalue weighted by molar-refractivity contribution is 9.10. The van der Waals surface area contributed by atoms with Crippen molar-refractivity contribution in [3.63, 3.8) is 0 Å². The Hall–Kier alpha value is -0.620. The molecule has 1 rings (SSSR count). The van der Waals surface area contributed by atoms with Gasteiger partial charge in [0.25, 0.3) is 0 Å². The third-order valence-electron chi connectivity index (χ3n) is 1.42. The van der Waals surface area contributed by atoms with E-state index in [1.807, 2.05) is 0 Å². The quantitative estimate of drug-likeness (QED) is 0.699. The molecule has 0 amide bonds. The molecule has 0 fully saturated rings. The van der Waals surface area contributed by atoms with Gasteiger partial charge in [0.1, 0.15) is 5.69 Å². The molecule has 0 N–H and O–H groups in total. The van der Waals surface area contributed by atoms with Crippen LogP contribution in [0.25, 0.3) is 0 Å². The first-order valence-corrected chi connectivity index (χ1v) is 4.43. The highest BCUT2D eigenvalue weighted by Crippen LogP contribution is 2.41. The Labute approximate surface area is 90.2 Å². The lowest BCUT2D eigenvalue weighted by Gasteiger charge is -2.09. The Morgan fingerprint density at radius 3 is 2.36 bits per heavy atom. The van der Waals surface area contributed by atoms with E-state index in [0.717, 1.165) is 6.07 Å². The van der Waals surface area contributed by atoms with Crippen molar-refractivity contribution < 1.29 is 13.2 Å². The number of alkyl halides is 3. The summed E-state index contributed by atoms with van der Waals surface area (Å²) < 4.78 is 37.1. The van der Waals surface area contributed by atoms with Crippen molar-refractivity contribution in [1.29, 1.82) is 0 Å². The molecule has 0 aliphatic carbocycles. The average Bonchev–Trinajstić information content (AvgIpc) is 2.01. The van der Waals surface area contributed by atoms with Gasteiger partial charge in [-0.2, -0.15) is 13.2 Å². The third-order valence-corrected chi connectivity index (χ3v) is 2.17. The number of benzene rings is 1. The fraction of sp³-hybridized carbons (Fsp3) is 0.143. The van der Waals surface area contributed by atoms with Crippen LogP contribution < -0.4 is 0 Å². The van der Waals surface area contributed by atoms with Crippen molar-refractivity contribution in [3.8, 4) is 0 Å². The van der Waals surface area contributed by atoms with Gasteiger partial charge in [-0.25, -0.2) is 0 Å². The predicted molar refractivity (Wildman–Crippen MR) is 49.6 cm³/mol. The molecule has 0 atom stereocenters. The number of hydrogen-bond acceptors (Lipinski definition) is 2. The smallest absolute Gasteiger partial charge is 0.166 e. The van der Waals surface area contributed by atoms with Crippen molar-refractivity contribution in [2.75, 3.05) is 0 Å². The van der Waals surface area contributed by atoms with Crippen LogP contribution in [0.5, 0.6) is 0 Å². The van der Waals surface area contributed by atoms with E-state index >= 15 is 0 Å². The molecule has 76 valence electrons. The van der Waals surface area contributed by atoms with Crippen LogP contribution in [0.4, 0.5) is 18.9 Å². The van der Waals surface area contributed by atoms with Gasteiger partial charge in [-0.05, 0) is 17.3 Å². The summed E-state index contributed by atoms with van der Waals surface area (Å²) in [7, 11) is 0. The third kappa shape index (κ3) is 2.24. The van der Waals surface area contributed by atoms with Gasteiger partial charge in [0, 0.05) is 4.47 Å². The molecule has 0 bridgehead atoms. The van der Waals surface area contributed by atoms with E-state index in [4.69, 9.17) is 11.6 Å². The minimum Gasteiger partial charge on any atom is -0.166 e. The lowest BCUT2D eigenvalue weighted by Crippen LogP contribution is -2.05. The van der Waals surface area contributed by atoms with E-state index in [0.29, 0.717) is 0 Å². The highest BCUT2D eigenvalue weighted by Gasteiger charge is 2.35. The van der Waals surface area contributed by atoms with Gasteiger partial charge in [0.05, 0.1) is 10.6 Å². The fourth-order valence-corrected chi connectivity index (χ4v) is 1.72. The van der Waals surface area contributed by atoms with E-state index in [2.05, 4.69) is 21.1 Å². The second kappa shape index (κ2) is 3.86. The molecule has 0 aliphatic rings. The van der Waals surface area contributed by atoms with Crippen LogP contribution in [-0.2, 0) is 6.18 Å². The molecular weight excluding hydrogens is 286 g/mol. The molecule has 1 aromatic rings. The summed E-state index contributed by atoms with van der Waals surface area (Å²) >= 11 is 8.26. The zero-order valence-electron chi connectivity index (χ0n) is 6.40. The van der Waals surface area contributed by atoms with Crippen LogP contribution in [0.15, 0.2) is 21.8 Å². The van der Waals surface area contributed by atoms with Gasteiger partial charge in [0.2, 0.25) is 0 Å². The fourth-order valence-electron chi connectivity index (χ4n) is 0.875. The summed E-state index contributed by atoms with van der Waals surface area (Å²) in [6.07, 6.45) is -4.64. The Bertz CT molecular complexity index is 380. The predicted octanol–water partition coefficient (Wildman–Crippen LogP) is 4.52. The highest BCUT2D eigenvalue weighted by atomic mass is 79.9. The SMILES string of the molecule is O=Nc1c(Cl)cc(Br)cc1C(F)(F)F. The lowest BCUT2D eigenvalue weighted by molar-refractivity contribution is -0.137. The standard InChI is InChI=1S/C7H2BrClF3NO/c8-3-1-4(7(10,11)12)6(13-14)5(9)2-3/h1-2H. The maximum absolute atomic E-state index is 12.3. The topological polar surface area (TPSA) is 29.4 Å². The number of hydrogen-bond donors (Lipinski definition) is 0. The molecule has 14 heavy (non-hydrogen) atoms. The minimum absolute atomic E-state index is 0.141. The van der Waals surface area contributed by atoms with Crippen molar-refractivity contribution in [1.82, 2.24) is 0 Å². The molecule has 0 spiro atoms. The van der Waals surface area contributed by atoms with Crippen LogP contribution >= 0.6 is 27.5 Å². The first-order valence-electron chi connectivity index (χ1n) is 3.26. The van der Waals surface area contributed by atoms with E-state index in [1.54, 1.807) is 0 Å². The number of halogens is 5. The van der Waals surface area contributed by atoms with E-state index in [1.165, 1.54) is 6.07 Å². The van der Waals surface area contributed by atoms with Crippen molar-refractivity contribution in [3.05, 3.63) is 32.1 Å². The molecule has 0 radical (unpaired) electrons. The lowest BCUT2D eigenvalue weighted by atomic mass is 10.2. The summed E-state index contributed by atoms with van der Waals surface area (Å²) in [5, 5.41) is 1.92. The second-order valence-electron chi connectivity index (χ2n) is 2.37. The number of rotatable bonds is 1. The molecule has 1 aromatic carbocycles. The van der Waals surface area contributed by atoms with Crippen LogP contribution in [-0.4, -0.2) is 0 Å². The van der Waals surface area contributed by atoms with Gasteiger partial charge in [0.15, 0.2) is 0 Å². The molecule has 0 saturated heterocycles. The monoisotopic (exact) mass is 287 g/mol. The van der Waals surface area contributed by atoms with Gasteiger partial charge < -0.3 is 0 Å². The van der Waals surface area contributed by atoms with Gasteiger partial charge in [-0.15, -0.1) is 4.91 Å². The van der Waals surface area contributed by atoms with Crippen molar-refractivity contribution in [2.24, 2.45) is 5.18 Å². The minimum atomic E-state index is -4.64. The Balaban J connectivity index is 3.48. The van der Waals surface area contributed by atoms with E-state index in [9.17, 15) is 18.1 Å². The van der Waals surface area contributed by atoms with E-state index in [-0.39, 0.29) is 9.50 Å². The largest absolute Gasteiger partial charge is 0.418 e. The van der Waals surface area contributed by atoms with E-state index < -0.39 is 17.4 Å². The van der Waals surface area contributed by atoms with Crippen LogP contribution in [0.2, 0.25) is 5.02 Å². The molecule has 0 aliphatic heterocycles. The zero-order valence-corrected chi connectivity index (χ0v) is 8.74. The molecule has 0 heterocycles. The summed E-state index contributed by atoms with van der Waals surface area (Å²) in [6, 6.07) is 1.93. The Morgan fingerprint density at radius 2 is 1.93 bits per heavy atom. The first-order chi connectivity index (χ1) is 6.36. The summed E-state index contributed by atoms with van der Waals surface area (Å²) in [4.78, 5) is 10.2. The molecule has 0 unspecified atom stereocenters. The molecule has 7 heteroatoms. The summed E-state index contributed by atoms with van der Waals surface area (Å²) in [5.74, 6) is 0. The maximum atomic E-state index is 12.3. The maximum Gasteiger partial charge on any atom is 0.418 e. The number of nitroso groups, excluding NO2 is 1. The first kappa shape index (κ1) is 11.5. The Morgan fingerprint density at radius 1 is 1.36 bits per heavy atom. The molecule has 0 aromatic heterocycles. The number of nitrogens with zero attached hydrogens (tertiary/aromatic N) is 1.